The second kappa shape index (κ2) is 5.49. The number of rotatable bonds is 2. The van der Waals surface area contributed by atoms with Gasteiger partial charge in [-0.05, 0) is 29.3 Å². The zero-order valence-electron chi connectivity index (χ0n) is 12.0. The van der Waals surface area contributed by atoms with Gasteiger partial charge < -0.3 is 16.3 Å². The Morgan fingerprint density at radius 2 is 1.96 bits per heavy atom. The van der Waals surface area contributed by atoms with Crippen LogP contribution in [0, 0.1) is 0 Å². The quantitative estimate of drug-likeness (QED) is 0.386. The molecule has 4 N–H and O–H groups in total. The van der Waals surface area contributed by atoms with Gasteiger partial charge in [0.15, 0.2) is 0 Å². The average Bonchev–Trinajstić information content (AvgIpc) is 2.96. The lowest BCUT2D eigenvalue weighted by molar-refractivity contribution is -0.137. The maximum absolute atomic E-state index is 12.8. The Hall–Kier alpha value is -2.70. The molecule has 1 unspecified atom stereocenters. The van der Waals surface area contributed by atoms with Gasteiger partial charge in [-0.1, -0.05) is 24.3 Å². The first-order valence-electron chi connectivity index (χ1n) is 6.89. The number of fused-ring (bicyclic) bond motifs is 1. The van der Waals surface area contributed by atoms with Gasteiger partial charge in [-0.2, -0.15) is 18.3 Å². The predicted molar refractivity (Wildman–Crippen MR) is 79.9 cm³/mol. The molecule has 1 aliphatic heterocycles. The van der Waals surface area contributed by atoms with E-state index in [1.54, 1.807) is 18.2 Å². The molecule has 0 fully saturated rings. The molecule has 0 bridgehead atoms. The van der Waals surface area contributed by atoms with Gasteiger partial charge >= 0.3 is 6.18 Å². The summed E-state index contributed by atoms with van der Waals surface area (Å²) in [5, 5.41) is 3.43. The third-order valence-corrected chi connectivity index (χ3v) is 3.76. The first-order valence-corrected chi connectivity index (χ1v) is 6.89. The fraction of sp³-hybridized carbons (Fsp3) is 0.188. The van der Waals surface area contributed by atoms with Gasteiger partial charge in [0.1, 0.15) is 17.7 Å². The van der Waals surface area contributed by atoms with Crippen molar-refractivity contribution < 1.29 is 17.9 Å². The van der Waals surface area contributed by atoms with Gasteiger partial charge in [0.2, 0.25) is 0 Å². The summed E-state index contributed by atoms with van der Waals surface area (Å²) in [6.45, 7) is 0. The van der Waals surface area contributed by atoms with Gasteiger partial charge in [-0.3, -0.25) is 0 Å². The molecule has 0 amide bonds. The Labute approximate surface area is 130 Å². The van der Waals surface area contributed by atoms with Gasteiger partial charge in [-0.15, -0.1) is 0 Å². The van der Waals surface area contributed by atoms with Crippen molar-refractivity contribution in [2.24, 2.45) is 16.7 Å². The van der Waals surface area contributed by atoms with Crippen LogP contribution in [0.1, 0.15) is 28.4 Å². The van der Waals surface area contributed by atoms with Gasteiger partial charge in [0.25, 0.3) is 0 Å². The number of nitrogens with zero attached hydrogens (tertiary/aromatic N) is 1. The van der Waals surface area contributed by atoms with Crippen LogP contribution in [0.25, 0.3) is 0 Å². The van der Waals surface area contributed by atoms with E-state index in [1.165, 1.54) is 6.07 Å². The fourth-order valence-corrected chi connectivity index (χ4v) is 2.56. The molecule has 23 heavy (non-hydrogen) atoms. The highest BCUT2D eigenvalue weighted by Crippen LogP contribution is 2.40. The van der Waals surface area contributed by atoms with Crippen LogP contribution >= 0.6 is 0 Å². The number of hydrogen-bond acceptors (Lipinski definition) is 3. The molecule has 7 heteroatoms. The van der Waals surface area contributed by atoms with Crippen molar-refractivity contribution in [3.05, 3.63) is 64.7 Å². The van der Waals surface area contributed by atoms with E-state index in [0.717, 1.165) is 23.3 Å². The first-order chi connectivity index (χ1) is 10.9. The number of benzene rings is 2. The van der Waals surface area contributed by atoms with Crippen LogP contribution in [0.4, 0.5) is 13.2 Å². The molecular formula is C16H14F3N3O. The minimum Gasteiger partial charge on any atom is -0.485 e. The van der Waals surface area contributed by atoms with Gasteiger partial charge in [0, 0.05) is 12.0 Å². The van der Waals surface area contributed by atoms with E-state index in [2.05, 4.69) is 5.10 Å². The highest BCUT2D eigenvalue weighted by molar-refractivity contribution is 5.97. The van der Waals surface area contributed by atoms with Crippen molar-refractivity contribution in [2.75, 3.05) is 0 Å². The largest absolute Gasteiger partial charge is 0.485 e. The Kier molecular flexibility index (Phi) is 3.63. The molecule has 0 saturated carbocycles. The predicted octanol–water partition coefficient (Wildman–Crippen LogP) is 2.96. The molecule has 2 aromatic rings. The number of nitrogens with two attached hydrogens (primary N) is 2. The molecule has 0 saturated heterocycles. The van der Waals surface area contributed by atoms with Crippen molar-refractivity contribution in [3.8, 4) is 5.75 Å². The lowest BCUT2D eigenvalue weighted by Crippen LogP contribution is -2.16. The molecule has 1 heterocycles. The molecule has 4 nitrogen and oxygen atoms in total. The van der Waals surface area contributed by atoms with E-state index >= 15 is 0 Å². The van der Waals surface area contributed by atoms with Crippen LogP contribution in [-0.4, -0.2) is 5.84 Å². The smallest absolute Gasteiger partial charge is 0.416 e. The number of amidine groups is 1. The van der Waals surface area contributed by atoms with E-state index in [4.69, 9.17) is 16.3 Å². The highest BCUT2D eigenvalue weighted by atomic mass is 19.4. The zero-order chi connectivity index (χ0) is 16.6. The van der Waals surface area contributed by atoms with Crippen LogP contribution in [-0.2, 0) is 12.6 Å². The van der Waals surface area contributed by atoms with Crippen molar-refractivity contribution in [2.45, 2.75) is 18.7 Å². The lowest BCUT2D eigenvalue weighted by atomic mass is 10.0. The van der Waals surface area contributed by atoms with Crippen LogP contribution in [0.2, 0.25) is 0 Å². The lowest BCUT2D eigenvalue weighted by Gasteiger charge is -2.12. The summed E-state index contributed by atoms with van der Waals surface area (Å²) in [6.07, 6.45) is -4.25. The van der Waals surface area contributed by atoms with E-state index in [0.29, 0.717) is 12.0 Å². The van der Waals surface area contributed by atoms with E-state index < -0.39 is 11.7 Å². The molecule has 0 radical (unpaired) electrons. The second-order valence-electron chi connectivity index (χ2n) is 5.27. The minimum absolute atomic E-state index is 0.182. The normalized spacial score (nSPS) is 17.7. The minimum atomic E-state index is -4.39. The van der Waals surface area contributed by atoms with Crippen molar-refractivity contribution in [3.63, 3.8) is 0 Å². The molecule has 1 atom stereocenters. The first kappa shape index (κ1) is 15.2. The summed E-state index contributed by atoms with van der Waals surface area (Å²) in [5.41, 5.74) is 7.14. The number of hydrogen-bond donors (Lipinski definition) is 2. The molecule has 3 rings (SSSR count). The standard InChI is InChI=1S/C16H14F3N3O/c17-16(18,19)12-5-4-10-7-13(23-14(10)8-12)9-2-1-3-11(6-9)15(20)22-21/h1-6,8,13H,7,21H2,(H2,20,22). The number of ether oxygens (including phenoxy) is 1. The summed E-state index contributed by atoms with van der Waals surface area (Å²) >= 11 is 0. The van der Waals surface area contributed by atoms with Crippen molar-refractivity contribution >= 4 is 5.84 Å². The van der Waals surface area contributed by atoms with Crippen LogP contribution in [0.3, 0.4) is 0 Å². The zero-order valence-corrected chi connectivity index (χ0v) is 12.0. The number of hydrazone groups is 1. The Balaban J connectivity index is 1.88. The fourth-order valence-electron chi connectivity index (χ4n) is 2.56. The third kappa shape index (κ3) is 2.94. The monoisotopic (exact) mass is 321 g/mol. The van der Waals surface area contributed by atoms with Gasteiger partial charge in [0.05, 0.1) is 5.56 Å². The molecule has 0 aliphatic carbocycles. The topological polar surface area (TPSA) is 73.6 Å². The Morgan fingerprint density at radius 3 is 2.65 bits per heavy atom. The summed E-state index contributed by atoms with van der Waals surface area (Å²) in [4.78, 5) is 0. The third-order valence-electron chi connectivity index (χ3n) is 3.76. The summed E-state index contributed by atoms with van der Waals surface area (Å²) < 4.78 is 44.0. The Bertz CT molecular complexity index is 771. The molecule has 2 aromatic carbocycles. The van der Waals surface area contributed by atoms with Crippen molar-refractivity contribution in [1.29, 1.82) is 0 Å². The van der Waals surface area contributed by atoms with Crippen molar-refractivity contribution in [1.82, 2.24) is 0 Å². The second-order valence-corrected chi connectivity index (χ2v) is 5.27. The van der Waals surface area contributed by atoms with Crippen LogP contribution in [0.5, 0.6) is 5.75 Å². The van der Waals surface area contributed by atoms with E-state index in [-0.39, 0.29) is 17.7 Å². The summed E-state index contributed by atoms with van der Waals surface area (Å²) in [7, 11) is 0. The van der Waals surface area contributed by atoms with Crippen LogP contribution in [0.15, 0.2) is 47.6 Å². The Morgan fingerprint density at radius 1 is 1.17 bits per heavy atom. The maximum atomic E-state index is 12.8. The molecule has 0 spiro atoms. The van der Waals surface area contributed by atoms with Crippen LogP contribution < -0.4 is 16.3 Å². The van der Waals surface area contributed by atoms with E-state index in [9.17, 15) is 13.2 Å². The van der Waals surface area contributed by atoms with Gasteiger partial charge in [-0.25, -0.2) is 0 Å². The molecule has 0 aromatic heterocycles. The molecule has 1 aliphatic rings. The number of alkyl halides is 3. The molecular weight excluding hydrogens is 307 g/mol. The molecule has 120 valence electrons. The number of halogens is 3. The average molecular weight is 321 g/mol. The SMILES string of the molecule is N/N=C(\N)c1cccc(C2Cc3ccc(C(F)(F)F)cc3O2)c1. The summed E-state index contributed by atoms with van der Waals surface area (Å²) in [5.74, 6) is 5.60. The van der Waals surface area contributed by atoms with E-state index in [1.807, 2.05) is 6.07 Å². The highest BCUT2D eigenvalue weighted by Gasteiger charge is 2.33. The summed E-state index contributed by atoms with van der Waals surface area (Å²) in [6, 6.07) is 10.7. The maximum Gasteiger partial charge on any atom is 0.416 e.